The van der Waals surface area contributed by atoms with Crippen LogP contribution in [0, 0.1) is 6.92 Å². The van der Waals surface area contributed by atoms with E-state index < -0.39 is 16.1 Å². The molecule has 0 atom stereocenters. The van der Waals surface area contributed by atoms with E-state index in [1.165, 1.54) is 0 Å². The molecule has 0 aromatic carbocycles. The van der Waals surface area contributed by atoms with E-state index in [9.17, 15) is 13.2 Å². The molecule has 0 N–H and O–H groups in total. The number of hydrogen-bond acceptors (Lipinski definition) is 4. The van der Waals surface area contributed by atoms with Gasteiger partial charge in [0.05, 0.1) is 5.75 Å². The molecule has 1 radical (unpaired) electrons. The van der Waals surface area contributed by atoms with Crippen LogP contribution in [0.25, 0.3) is 0 Å². The highest BCUT2D eigenvalue weighted by Gasteiger charge is 2.11. The van der Waals surface area contributed by atoms with E-state index in [1.54, 1.807) is 0 Å². The van der Waals surface area contributed by atoms with Gasteiger partial charge in [-0.25, -0.2) is 0 Å². The lowest BCUT2D eigenvalue weighted by molar-refractivity contribution is -0.131. The van der Waals surface area contributed by atoms with E-state index in [-0.39, 0.29) is 12.2 Å². The molecule has 4 nitrogen and oxygen atoms in total. The van der Waals surface area contributed by atoms with E-state index in [0.29, 0.717) is 0 Å². The molecule has 0 spiro atoms. The molecule has 0 saturated heterocycles. The van der Waals surface area contributed by atoms with Crippen LogP contribution in [0.5, 0.6) is 0 Å². The molecule has 10 heavy (non-hydrogen) atoms. The molecule has 0 rings (SSSR count). The lowest BCUT2D eigenvalue weighted by atomic mass is 10.6. The minimum absolute atomic E-state index is 0.204. The normalized spacial score (nSPS) is 11.0. The van der Waals surface area contributed by atoms with Gasteiger partial charge in [0.25, 0.3) is 0 Å². The Labute approximate surface area is 60.3 Å². The highest BCUT2D eigenvalue weighted by molar-refractivity contribution is 7.87. The van der Waals surface area contributed by atoms with Crippen molar-refractivity contribution in [2.45, 2.75) is 13.3 Å². The summed E-state index contributed by atoms with van der Waals surface area (Å²) in [5.74, 6) is -1.03. The minimum Gasteiger partial charge on any atom is -0.346 e. The van der Waals surface area contributed by atoms with Crippen LogP contribution in [-0.4, -0.2) is 20.1 Å². The summed E-state index contributed by atoms with van der Waals surface area (Å²) in [7, 11) is -3.64. The lowest BCUT2D eigenvalue weighted by Crippen LogP contribution is -2.13. The number of carbonyl (C=O) groups excluding carboxylic acids is 1. The molecule has 5 heteroatoms. The molecule has 0 bridgehead atoms. The van der Waals surface area contributed by atoms with E-state index in [2.05, 4.69) is 11.1 Å². The Bertz CT molecular complexity index is 204. The fourth-order valence-electron chi connectivity index (χ4n) is 0.397. The predicted molar refractivity (Wildman–Crippen MR) is 35.5 cm³/mol. The molecule has 0 aromatic heterocycles. The van der Waals surface area contributed by atoms with Gasteiger partial charge in [-0.05, 0) is 6.42 Å². The first kappa shape index (κ1) is 9.42. The van der Waals surface area contributed by atoms with Gasteiger partial charge in [0, 0.05) is 6.92 Å². The highest BCUT2D eigenvalue weighted by Crippen LogP contribution is 1.95. The maximum absolute atomic E-state index is 10.6. The molecule has 59 valence electrons. The molecule has 0 saturated carbocycles. The predicted octanol–water partition coefficient (Wildman–Crippen LogP) is 0.103. The summed E-state index contributed by atoms with van der Waals surface area (Å²) in [6.45, 7) is 4.35. The van der Waals surface area contributed by atoms with Gasteiger partial charge >= 0.3 is 16.1 Å². The van der Waals surface area contributed by atoms with Crippen molar-refractivity contribution in [3.05, 3.63) is 6.92 Å². The highest BCUT2D eigenvalue weighted by atomic mass is 32.2. The zero-order chi connectivity index (χ0) is 8.20. The molecule has 0 heterocycles. The van der Waals surface area contributed by atoms with Gasteiger partial charge in [-0.1, -0.05) is 6.92 Å². The summed E-state index contributed by atoms with van der Waals surface area (Å²) in [5, 5.41) is 0. The van der Waals surface area contributed by atoms with Gasteiger partial charge in [0.2, 0.25) is 0 Å². The van der Waals surface area contributed by atoms with Gasteiger partial charge in [0.15, 0.2) is 0 Å². The fraction of sp³-hybridized carbons (Fsp3) is 0.600. The summed E-state index contributed by atoms with van der Waals surface area (Å²) < 4.78 is 25.1. The molecule has 0 aliphatic heterocycles. The lowest BCUT2D eigenvalue weighted by Gasteiger charge is -1.99. The Morgan fingerprint density at radius 2 is 2.10 bits per heavy atom. The first-order valence-electron chi connectivity index (χ1n) is 2.70. The minimum atomic E-state index is -3.64. The molecule has 0 aliphatic rings. The van der Waals surface area contributed by atoms with E-state index in [1.807, 2.05) is 0 Å². The third-order valence-corrected chi connectivity index (χ3v) is 1.92. The molecule has 0 amide bonds. The van der Waals surface area contributed by atoms with E-state index in [0.717, 1.165) is 6.92 Å². The average Bonchev–Trinajstić information content (AvgIpc) is 1.59. The van der Waals surface area contributed by atoms with Crippen molar-refractivity contribution >= 4 is 16.1 Å². The molecule has 0 aromatic rings. The largest absolute Gasteiger partial charge is 0.346 e. The van der Waals surface area contributed by atoms with E-state index >= 15 is 0 Å². The van der Waals surface area contributed by atoms with Crippen LogP contribution in [0.3, 0.4) is 0 Å². The summed E-state index contributed by atoms with van der Waals surface area (Å²) >= 11 is 0. The first-order chi connectivity index (χ1) is 4.48. The second-order valence-electron chi connectivity index (χ2n) is 1.69. The monoisotopic (exact) mass is 165 g/mol. The van der Waals surface area contributed by atoms with Crippen LogP contribution in [0.2, 0.25) is 0 Å². The Morgan fingerprint density at radius 1 is 1.60 bits per heavy atom. The first-order valence-corrected chi connectivity index (χ1v) is 4.27. The Hall–Kier alpha value is -0.580. The van der Waals surface area contributed by atoms with Gasteiger partial charge in [-0.3, -0.25) is 4.79 Å². The van der Waals surface area contributed by atoms with Crippen molar-refractivity contribution in [1.82, 2.24) is 0 Å². The van der Waals surface area contributed by atoms with Gasteiger partial charge in [-0.15, -0.1) is 0 Å². The van der Waals surface area contributed by atoms with Crippen molar-refractivity contribution in [1.29, 1.82) is 0 Å². The van der Waals surface area contributed by atoms with Crippen LogP contribution < -0.4 is 0 Å². The number of hydrogen-bond donors (Lipinski definition) is 0. The van der Waals surface area contributed by atoms with E-state index in [4.69, 9.17) is 0 Å². The topological polar surface area (TPSA) is 60.4 Å². The SMILES string of the molecule is [CH2]CCS(=O)(=O)OC(C)=O. The van der Waals surface area contributed by atoms with Crippen molar-refractivity contribution in [2.24, 2.45) is 0 Å². The Balaban J connectivity index is 4.02. The summed E-state index contributed by atoms with van der Waals surface area (Å²) in [6.07, 6.45) is 0.204. The van der Waals surface area contributed by atoms with Gasteiger partial charge in [-0.2, -0.15) is 8.42 Å². The third kappa shape index (κ3) is 4.31. The van der Waals surface area contributed by atoms with Crippen LogP contribution >= 0.6 is 0 Å². The van der Waals surface area contributed by atoms with Crippen molar-refractivity contribution in [2.75, 3.05) is 5.75 Å². The summed E-state index contributed by atoms with van der Waals surface area (Å²) in [4.78, 5) is 10.1. The van der Waals surface area contributed by atoms with Crippen LogP contribution in [0.4, 0.5) is 0 Å². The van der Waals surface area contributed by atoms with Crippen LogP contribution in [0.15, 0.2) is 0 Å². The quantitative estimate of drug-likeness (QED) is 0.556. The average molecular weight is 165 g/mol. The van der Waals surface area contributed by atoms with Crippen LogP contribution in [-0.2, 0) is 19.1 Å². The second-order valence-corrected chi connectivity index (χ2v) is 3.38. The zero-order valence-corrected chi connectivity index (χ0v) is 6.48. The Kier molecular flexibility index (Phi) is 3.35. The zero-order valence-electron chi connectivity index (χ0n) is 5.66. The molecule has 0 unspecified atom stereocenters. The smallest absolute Gasteiger partial charge is 0.319 e. The van der Waals surface area contributed by atoms with Crippen LogP contribution in [0.1, 0.15) is 13.3 Å². The number of rotatable bonds is 3. The van der Waals surface area contributed by atoms with Crippen molar-refractivity contribution in [3.63, 3.8) is 0 Å². The Morgan fingerprint density at radius 3 is 2.40 bits per heavy atom. The van der Waals surface area contributed by atoms with Crippen molar-refractivity contribution < 1.29 is 17.4 Å². The standard InChI is InChI=1S/C5H9O4S/c1-3-4-10(7,8)9-5(2)6/h1,3-4H2,2H3. The molecular formula is C5H9O4S. The van der Waals surface area contributed by atoms with Gasteiger partial charge in [0.1, 0.15) is 0 Å². The maximum atomic E-state index is 10.6. The number of carbonyl (C=O) groups is 1. The summed E-state index contributed by atoms with van der Waals surface area (Å²) in [6, 6.07) is 0. The maximum Gasteiger partial charge on any atom is 0.319 e. The second kappa shape index (κ2) is 3.55. The fourth-order valence-corrected chi connectivity index (χ4v) is 1.19. The summed E-state index contributed by atoms with van der Waals surface area (Å²) in [5.41, 5.74) is 0. The molecule has 0 fully saturated rings. The third-order valence-electron chi connectivity index (χ3n) is 0.639. The molecular weight excluding hydrogens is 156 g/mol. The van der Waals surface area contributed by atoms with Crippen molar-refractivity contribution in [3.8, 4) is 0 Å². The van der Waals surface area contributed by atoms with Gasteiger partial charge < -0.3 is 4.18 Å². The molecule has 0 aliphatic carbocycles.